The summed E-state index contributed by atoms with van der Waals surface area (Å²) < 4.78 is 1.97. The van der Waals surface area contributed by atoms with Gasteiger partial charge in [-0.2, -0.15) is 5.10 Å². The van der Waals surface area contributed by atoms with Crippen molar-refractivity contribution in [1.29, 1.82) is 0 Å². The summed E-state index contributed by atoms with van der Waals surface area (Å²) in [7, 11) is 0. The fourth-order valence-corrected chi connectivity index (χ4v) is 2.52. The SMILES string of the molecule is CC(C)NCC1CC1c1cnn(-c2ccccc2)c1. The average molecular weight is 255 g/mol. The van der Waals surface area contributed by atoms with Crippen molar-refractivity contribution in [3.63, 3.8) is 0 Å². The molecule has 1 aromatic heterocycles. The molecule has 0 saturated heterocycles. The number of nitrogens with one attached hydrogen (secondary N) is 1. The van der Waals surface area contributed by atoms with Crippen LogP contribution in [0.15, 0.2) is 42.7 Å². The summed E-state index contributed by atoms with van der Waals surface area (Å²) in [5, 5.41) is 7.99. The summed E-state index contributed by atoms with van der Waals surface area (Å²) in [6.45, 7) is 5.52. The van der Waals surface area contributed by atoms with Gasteiger partial charge in [0.1, 0.15) is 0 Å². The molecule has 1 heterocycles. The van der Waals surface area contributed by atoms with Crippen LogP contribution >= 0.6 is 0 Å². The van der Waals surface area contributed by atoms with E-state index in [0.717, 1.165) is 18.2 Å². The first kappa shape index (κ1) is 12.4. The van der Waals surface area contributed by atoms with Gasteiger partial charge in [-0.1, -0.05) is 32.0 Å². The Balaban J connectivity index is 1.64. The van der Waals surface area contributed by atoms with Crippen LogP contribution < -0.4 is 5.32 Å². The number of hydrogen-bond acceptors (Lipinski definition) is 2. The van der Waals surface area contributed by atoms with Crippen LogP contribution in [0.4, 0.5) is 0 Å². The van der Waals surface area contributed by atoms with Crippen LogP contribution in [0.25, 0.3) is 5.69 Å². The highest BCUT2D eigenvalue weighted by molar-refractivity contribution is 5.32. The second-order valence-electron chi connectivity index (χ2n) is 5.72. The Bertz CT molecular complexity index is 530. The number of aromatic nitrogens is 2. The molecule has 2 atom stereocenters. The topological polar surface area (TPSA) is 29.9 Å². The molecular weight excluding hydrogens is 234 g/mol. The van der Waals surface area contributed by atoms with Gasteiger partial charge in [0.25, 0.3) is 0 Å². The summed E-state index contributed by atoms with van der Waals surface area (Å²) in [4.78, 5) is 0. The van der Waals surface area contributed by atoms with Crippen molar-refractivity contribution in [3.05, 3.63) is 48.3 Å². The minimum atomic E-state index is 0.577. The molecule has 100 valence electrons. The quantitative estimate of drug-likeness (QED) is 0.890. The second-order valence-corrected chi connectivity index (χ2v) is 5.72. The Morgan fingerprint density at radius 3 is 2.84 bits per heavy atom. The molecule has 1 fully saturated rings. The fraction of sp³-hybridized carbons (Fsp3) is 0.438. The van der Waals surface area contributed by atoms with Crippen molar-refractivity contribution in [2.45, 2.75) is 32.2 Å². The van der Waals surface area contributed by atoms with E-state index in [1.165, 1.54) is 12.0 Å². The molecular formula is C16H21N3. The van der Waals surface area contributed by atoms with Gasteiger partial charge in [0, 0.05) is 12.2 Å². The van der Waals surface area contributed by atoms with Crippen molar-refractivity contribution in [2.75, 3.05) is 6.54 Å². The van der Waals surface area contributed by atoms with Crippen LogP contribution in [0.5, 0.6) is 0 Å². The van der Waals surface area contributed by atoms with E-state index in [2.05, 4.69) is 42.6 Å². The lowest BCUT2D eigenvalue weighted by atomic mass is 10.2. The Kier molecular flexibility index (Phi) is 3.38. The van der Waals surface area contributed by atoms with E-state index in [1.54, 1.807) is 0 Å². The molecule has 1 N–H and O–H groups in total. The Labute approximate surface area is 114 Å². The third kappa shape index (κ3) is 2.87. The maximum atomic E-state index is 4.47. The molecule has 3 heteroatoms. The minimum Gasteiger partial charge on any atom is -0.314 e. The van der Waals surface area contributed by atoms with Crippen molar-refractivity contribution in [2.24, 2.45) is 5.92 Å². The van der Waals surface area contributed by atoms with E-state index in [0.29, 0.717) is 12.0 Å². The van der Waals surface area contributed by atoms with Crippen LogP contribution in [0, 0.1) is 5.92 Å². The first-order chi connectivity index (χ1) is 9.24. The van der Waals surface area contributed by atoms with E-state index in [1.807, 2.05) is 29.1 Å². The first-order valence-corrected chi connectivity index (χ1v) is 7.07. The zero-order valence-electron chi connectivity index (χ0n) is 11.6. The van der Waals surface area contributed by atoms with Gasteiger partial charge in [0.15, 0.2) is 0 Å². The van der Waals surface area contributed by atoms with Crippen molar-refractivity contribution < 1.29 is 0 Å². The highest BCUT2D eigenvalue weighted by Crippen LogP contribution is 2.46. The number of benzene rings is 1. The molecule has 3 nitrogen and oxygen atoms in total. The zero-order chi connectivity index (χ0) is 13.2. The lowest BCUT2D eigenvalue weighted by Crippen LogP contribution is -2.25. The van der Waals surface area contributed by atoms with E-state index in [-0.39, 0.29) is 0 Å². The summed E-state index contributed by atoms with van der Waals surface area (Å²) in [5.41, 5.74) is 2.51. The van der Waals surface area contributed by atoms with Crippen LogP contribution in [-0.4, -0.2) is 22.4 Å². The van der Waals surface area contributed by atoms with Gasteiger partial charge in [-0.15, -0.1) is 0 Å². The molecule has 0 amide bonds. The van der Waals surface area contributed by atoms with Gasteiger partial charge >= 0.3 is 0 Å². The molecule has 19 heavy (non-hydrogen) atoms. The molecule has 2 unspecified atom stereocenters. The molecule has 0 bridgehead atoms. The molecule has 1 aliphatic rings. The van der Waals surface area contributed by atoms with Crippen molar-refractivity contribution in [3.8, 4) is 5.69 Å². The summed E-state index contributed by atoms with van der Waals surface area (Å²) in [6, 6.07) is 10.9. The van der Waals surface area contributed by atoms with Gasteiger partial charge in [0.05, 0.1) is 11.9 Å². The van der Waals surface area contributed by atoms with Crippen molar-refractivity contribution >= 4 is 0 Å². The third-order valence-corrected chi connectivity index (χ3v) is 3.76. The lowest BCUT2D eigenvalue weighted by molar-refractivity contribution is 0.554. The number of hydrogen-bond donors (Lipinski definition) is 1. The summed E-state index contributed by atoms with van der Waals surface area (Å²) >= 11 is 0. The number of nitrogens with zero attached hydrogens (tertiary/aromatic N) is 2. The van der Waals surface area contributed by atoms with Crippen LogP contribution in [0.2, 0.25) is 0 Å². The molecule has 0 radical (unpaired) electrons. The standard InChI is InChI=1S/C16H21N3/c1-12(2)17-9-13-8-16(13)14-10-18-19(11-14)15-6-4-3-5-7-15/h3-7,10-13,16-17H,8-9H2,1-2H3. The van der Waals surface area contributed by atoms with Gasteiger partial charge in [-0.05, 0) is 42.5 Å². The predicted octanol–water partition coefficient (Wildman–Crippen LogP) is 2.97. The molecule has 1 saturated carbocycles. The Morgan fingerprint density at radius 1 is 1.32 bits per heavy atom. The molecule has 1 aliphatic carbocycles. The van der Waals surface area contributed by atoms with E-state index in [4.69, 9.17) is 0 Å². The average Bonchev–Trinajstić information content (AvgIpc) is 3.04. The monoisotopic (exact) mass is 255 g/mol. The van der Waals surface area contributed by atoms with E-state index >= 15 is 0 Å². The molecule has 1 aromatic carbocycles. The van der Waals surface area contributed by atoms with Gasteiger partial charge in [-0.25, -0.2) is 4.68 Å². The van der Waals surface area contributed by atoms with Gasteiger partial charge in [-0.3, -0.25) is 0 Å². The maximum absolute atomic E-state index is 4.47. The minimum absolute atomic E-state index is 0.577. The Hall–Kier alpha value is -1.61. The second kappa shape index (κ2) is 5.17. The molecule has 0 spiro atoms. The molecule has 2 aromatic rings. The number of para-hydroxylation sites is 1. The lowest BCUT2D eigenvalue weighted by Gasteiger charge is -2.06. The van der Waals surface area contributed by atoms with Crippen LogP contribution in [0.3, 0.4) is 0 Å². The maximum Gasteiger partial charge on any atom is 0.0645 e. The smallest absolute Gasteiger partial charge is 0.0645 e. The molecule has 0 aliphatic heterocycles. The largest absolute Gasteiger partial charge is 0.314 e. The van der Waals surface area contributed by atoms with Gasteiger partial charge in [0.2, 0.25) is 0 Å². The molecule has 3 rings (SSSR count). The zero-order valence-corrected chi connectivity index (χ0v) is 11.6. The van der Waals surface area contributed by atoms with Crippen LogP contribution in [-0.2, 0) is 0 Å². The number of rotatable bonds is 5. The summed E-state index contributed by atoms with van der Waals surface area (Å²) in [6.07, 6.45) is 5.49. The van der Waals surface area contributed by atoms with Crippen molar-refractivity contribution in [1.82, 2.24) is 15.1 Å². The van der Waals surface area contributed by atoms with Crippen LogP contribution in [0.1, 0.15) is 31.7 Å². The van der Waals surface area contributed by atoms with E-state index in [9.17, 15) is 0 Å². The van der Waals surface area contributed by atoms with Gasteiger partial charge < -0.3 is 5.32 Å². The normalized spacial score (nSPS) is 21.8. The Morgan fingerprint density at radius 2 is 2.11 bits per heavy atom. The van der Waals surface area contributed by atoms with E-state index < -0.39 is 0 Å². The fourth-order valence-electron chi connectivity index (χ4n) is 2.52. The highest BCUT2D eigenvalue weighted by Gasteiger charge is 2.38. The predicted molar refractivity (Wildman–Crippen MR) is 77.6 cm³/mol. The third-order valence-electron chi connectivity index (χ3n) is 3.76. The summed E-state index contributed by atoms with van der Waals surface area (Å²) in [5.74, 6) is 1.49. The highest BCUT2D eigenvalue weighted by atomic mass is 15.3. The first-order valence-electron chi connectivity index (χ1n) is 7.07.